The number of rotatable bonds is 1. The fraction of sp³-hybridized carbons (Fsp3) is 0.500. The minimum Gasteiger partial charge on any atom is -0.345 e. The Kier molecular flexibility index (Phi) is 1.53. The third-order valence-corrected chi connectivity index (χ3v) is 1.15. The van der Waals surface area contributed by atoms with Gasteiger partial charge in [0.1, 0.15) is 5.82 Å². The van der Waals surface area contributed by atoms with E-state index < -0.39 is 0 Å². The molecule has 0 spiro atoms. The predicted molar refractivity (Wildman–Crippen MR) is 35.9 cm³/mol. The lowest BCUT2D eigenvalue weighted by Crippen LogP contribution is -2.06. The van der Waals surface area contributed by atoms with Gasteiger partial charge in [-0.05, 0) is 13.8 Å². The minimum absolute atomic E-state index is 0.0127. The van der Waals surface area contributed by atoms with Crippen LogP contribution in [-0.4, -0.2) is 9.97 Å². The molecule has 3 nitrogen and oxygen atoms in total. The van der Waals surface area contributed by atoms with Crippen molar-refractivity contribution in [3.05, 3.63) is 17.7 Å². The maximum absolute atomic E-state index is 5.53. The van der Waals surface area contributed by atoms with Crippen molar-refractivity contribution in [1.29, 1.82) is 0 Å². The summed E-state index contributed by atoms with van der Waals surface area (Å²) >= 11 is 0. The van der Waals surface area contributed by atoms with Crippen molar-refractivity contribution >= 4 is 0 Å². The van der Waals surface area contributed by atoms with Gasteiger partial charge in [-0.1, -0.05) is 0 Å². The summed E-state index contributed by atoms with van der Waals surface area (Å²) in [7, 11) is 0. The van der Waals surface area contributed by atoms with E-state index in [0.29, 0.717) is 0 Å². The molecule has 0 amide bonds. The number of hydrogen-bond donors (Lipinski definition) is 2. The molecule has 1 rings (SSSR count). The molecule has 0 aliphatic carbocycles. The molecule has 0 aliphatic rings. The van der Waals surface area contributed by atoms with Crippen LogP contribution in [0.3, 0.4) is 0 Å². The molecule has 0 saturated carbocycles. The van der Waals surface area contributed by atoms with Gasteiger partial charge in [0.05, 0.1) is 6.04 Å². The molecule has 1 aromatic heterocycles. The van der Waals surface area contributed by atoms with E-state index in [0.717, 1.165) is 11.5 Å². The number of imidazole rings is 1. The monoisotopic (exact) mass is 125 g/mol. The second-order valence-electron chi connectivity index (χ2n) is 2.24. The Morgan fingerprint density at radius 1 is 1.78 bits per heavy atom. The quantitative estimate of drug-likeness (QED) is 0.581. The molecule has 50 valence electrons. The third-order valence-electron chi connectivity index (χ3n) is 1.15. The maximum atomic E-state index is 5.53. The van der Waals surface area contributed by atoms with Crippen molar-refractivity contribution in [2.24, 2.45) is 5.73 Å². The summed E-state index contributed by atoms with van der Waals surface area (Å²) in [6.45, 7) is 3.86. The lowest BCUT2D eigenvalue weighted by Gasteiger charge is -1.96. The molecule has 1 aromatic rings. The second kappa shape index (κ2) is 2.19. The lowest BCUT2D eigenvalue weighted by molar-refractivity contribution is 0.754. The van der Waals surface area contributed by atoms with Crippen molar-refractivity contribution in [2.45, 2.75) is 19.9 Å². The Balaban J connectivity index is 2.85. The van der Waals surface area contributed by atoms with Gasteiger partial charge in [-0.15, -0.1) is 0 Å². The molecular formula is C6H11N3. The van der Waals surface area contributed by atoms with E-state index in [1.54, 1.807) is 6.20 Å². The number of aryl methyl sites for hydroxylation is 1. The van der Waals surface area contributed by atoms with Gasteiger partial charge in [0.15, 0.2) is 0 Å². The first-order chi connectivity index (χ1) is 4.20. The van der Waals surface area contributed by atoms with E-state index in [1.165, 1.54) is 0 Å². The van der Waals surface area contributed by atoms with Crippen LogP contribution in [0.15, 0.2) is 6.20 Å². The van der Waals surface area contributed by atoms with Crippen LogP contribution < -0.4 is 5.73 Å². The molecule has 1 heterocycles. The summed E-state index contributed by atoms with van der Waals surface area (Å²) in [6, 6.07) is 0.0127. The van der Waals surface area contributed by atoms with Gasteiger partial charge in [-0.3, -0.25) is 0 Å². The first kappa shape index (κ1) is 6.29. The molecule has 0 unspecified atom stereocenters. The first-order valence-corrected chi connectivity index (χ1v) is 2.97. The van der Waals surface area contributed by atoms with E-state index in [2.05, 4.69) is 9.97 Å². The number of nitrogens with two attached hydrogens (primary N) is 1. The van der Waals surface area contributed by atoms with Gasteiger partial charge < -0.3 is 10.7 Å². The molecule has 0 radical (unpaired) electrons. The summed E-state index contributed by atoms with van der Waals surface area (Å²) in [5, 5.41) is 0. The van der Waals surface area contributed by atoms with E-state index in [-0.39, 0.29) is 6.04 Å². The number of hydrogen-bond acceptors (Lipinski definition) is 2. The smallest absolute Gasteiger partial charge is 0.122 e. The zero-order chi connectivity index (χ0) is 6.85. The van der Waals surface area contributed by atoms with Crippen molar-refractivity contribution in [3.8, 4) is 0 Å². The van der Waals surface area contributed by atoms with Crippen LogP contribution in [0.4, 0.5) is 0 Å². The van der Waals surface area contributed by atoms with Gasteiger partial charge in [-0.25, -0.2) is 4.98 Å². The molecule has 0 aliphatic heterocycles. The van der Waals surface area contributed by atoms with Gasteiger partial charge in [-0.2, -0.15) is 0 Å². The summed E-state index contributed by atoms with van der Waals surface area (Å²) in [6.07, 6.45) is 1.78. The standard InChI is InChI=1S/C6H11N3/c1-4-3-8-6(9-4)5(2)7/h3,5H,7H2,1-2H3,(H,8,9)/t5-/m0/s1. The Morgan fingerprint density at radius 2 is 2.44 bits per heavy atom. The highest BCUT2D eigenvalue weighted by Crippen LogP contribution is 2.02. The van der Waals surface area contributed by atoms with Crippen LogP contribution in [0.25, 0.3) is 0 Å². The molecule has 3 N–H and O–H groups in total. The zero-order valence-corrected chi connectivity index (χ0v) is 5.68. The van der Waals surface area contributed by atoms with Crippen molar-refractivity contribution < 1.29 is 0 Å². The average Bonchev–Trinajstić information content (AvgIpc) is 2.14. The molecular weight excluding hydrogens is 114 g/mol. The summed E-state index contributed by atoms with van der Waals surface area (Å²) < 4.78 is 0. The van der Waals surface area contributed by atoms with Crippen LogP contribution in [0.5, 0.6) is 0 Å². The van der Waals surface area contributed by atoms with Crippen LogP contribution in [0, 0.1) is 6.92 Å². The normalized spacial score (nSPS) is 13.7. The fourth-order valence-corrected chi connectivity index (χ4v) is 0.664. The minimum atomic E-state index is 0.0127. The molecule has 3 heteroatoms. The Hall–Kier alpha value is -0.830. The zero-order valence-electron chi connectivity index (χ0n) is 5.68. The Morgan fingerprint density at radius 3 is 2.67 bits per heavy atom. The maximum Gasteiger partial charge on any atom is 0.122 e. The molecule has 9 heavy (non-hydrogen) atoms. The number of nitrogens with zero attached hydrogens (tertiary/aromatic N) is 1. The van der Waals surface area contributed by atoms with Crippen molar-refractivity contribution in [3.63, 3.8) is 0 Å². The molecule has 0 saturated heterocycles. The van der Waals surface area contributed by atoms with Crippen LogP contribution in [0.1, 0.15) is 24.5 Å². The first-order valence-electron chi connectivity index (χ1n) is 2.97. The lowest BCUT2D eigenvalue weighted by atomic mass is 10.3. The SMILES string of the molecule is Cc1cnc([C@H](C)N)[nH]1. The highest BCUT2D eigenvalue weighted by Gasteiger charge is 2.00. The topological polar surface area (TPSA) is 54.7 Å². The molecule has 0 fully saturated rings. The average molecular weight is 125 g/mol. The number of aromatic amines is 1. The number of aromatic nitrogens is 2. The van der Waals surface area contributed by atoms with Crippen LogP contribution in [0.2, 0.25) is 0 Å². The summed E-state index contributed by atoms with van der Waals surface area (Å²) in [5.74, 6) is 0.854. The van der Waals surface area contributed by atoms with Gasteiger partial charge in [0, 0.05) is 11.9 Å². The van der Waals surface area contributed by atoms with Crippen LogP contribution >= 0.6 is 0 Å². The van der Waals surface area contributed by atoms with Gasteiger partial charge in [0.25, 0.3) is 0 Å². The molecule has 0 bridgehead atoms. The predicted octanol–water partition coefficient (Wildman–Crippen LogP) is 0.738. The summed E-state index contributed by atoms with van der Waals surface area (Å²) in [5.41, 5.74) is 6.59. The van der Waals surface area contributed by atoms with E-state index in [4.69, 9.17) is 5.73 Å². The highest BCUT2D eigenvalue weighted by molar-refractivity contribution is 5.00. The Labute approximate surface area is 54.3 Å². The Bertz CT molecular complexity index is 190. The van der Waals surface area contributed by atoms with Crippen LogP contribution in [-0.2, 0) is 0 Å². The van der Waals surface area contributed by atoms with Crippen molar-refractivity contribution in [1.82, 2.24) is 9.97 Å². The summed E-state index contributed by atoms with van der Waals surface area (Å²) in [4.78, 5) is 7.07. The van der Waals surface area contributed by atoms with Gasteiger partial charge >= 0.3 is 0 Å². The highest BCUT2D eigenvalue weighted by atomic mass is 14.9. The third kappa shape index (κ3) is 1.29. The van der Waals surface area contributed by atoms with E-state index in [9.17, 15) is 0 Å². The second-order valence-corrected chi connectivity index (χ2v) is 2.24. The van der Waals surface area contributed by atoms with E-state index in [1.807, 2.05) is 13.8 Å². The van der Waals surface area contributed by atoms with Gasteiger partial charge in [0.2, 0.25) is 0 Å². The molecule has 0 aromatic carbocycles. The van der Waals surface area contributed by atoms with E-state index >= 15 is 0 Å². The molecule has 1 atom stereocenters. The fourth-order valence-electron chi connectivity index (χ4n) is 0.664. The number of nitrogens with one attached hydrogen (secondary N) is 1. The van der Waals surface area contributed by atoms with Crippen molar-refractivity contribution in [2.75, 3.05) is 0 Å². The largest absolute Gasteiger partial charge is 0.345 e. The number of H-pyrrole nitrogens is 1.